The molecule has 1 aromatic heterocycles. The number of thiophene rings is 1. The number of carbonyl (C=O) groups excluding carboxylic acids is 1. The lowest BCUT2D eigenvalue weighted by Crippen LogP contribution is -2.46. The molecule has 4 rings (SSSR count). The van der Waals surface area contributed by atoms with Crippen LogP contribution in [0.5, 0.6) is 11.5 Å². The number of ether oxygens (including phenoxy) is 2. The second-order valence-electron chi connectivity index (χ2n) is 9.22. The lowest BCUT2D eigenvalue weighted by atomic mass is 10.0. The van der Waals surface area contributed by atoms with Crippen LogP contribution in [-0.4, -0.2) is 65.7 Å². The van der Waals surface area contributed by atoms with Gasteiger partial charge in [0.2, 0.25) is 0 Å². The molecule has 1 saturated heterocycles. The summed E-state index contributed by atoms with van der Waals surface area (Å²) in [6.45, 7) is 3.15. The summed E-state index contributed by atoms with van der Waals surface area (Å²) in [5.41, 5.74) is 3.91. The fraction of sp³-hybridized carbons (Fsp3) is 0.345. The van der Waals surface area contributed by atoms with Crippen molar-refractivity contribution in [3.05, 3.63) is 69.9 Å². The highest BCUT2D eigenvalue weighted by molar-refractivity contribution is 7.08. The zero-order chi connectivity index (χ0) is 27.6. The summed E-state index contributed by atoms with van der Waals surface area (Å²) in [6.07, 6.45) is 0.487. The van der Waals surface area contributed by atoms with Gasteiger partial charge in [0, 0.05) is 50.1 Å². The van der Waals surface area contributed by atoms with Gasteiger partial charge >= 0.3 is 11.9 Å². The van der Waals surface area contributed by atoms with Gasteiger partial charge in [0.25, 0.3) is 5.91 Å². The van der Waals surface area contributed by atoms with Crippen molar-refractivity contribution < 1.29 is 34.1 Å². The predicted molar refractivity (Wildman–Crippen MR) is 148 cm³/mol. The summed E-state index contributed by atoms with van der Waals surface area (Å²) < 4.78 is 12.0. The Balaban J connectivity index is 1.57. The van der Waals surface area contributed by atoms with E-state index in [4.69, 9.17) is 14.6 Å². The van der Waals surface area contributed by atoms with Crippen LogP contribution in [0.2, 0.25) is 0 Å². The Morgan fingerprint density at radius 3 is 2.46 bits per heavy atom. The second kappa shape index (κ2) is 13.8. The number of carboxylic acid groups (broad SMARTS) is 2. The number of piperazine rings is 1. The van der Waals surface area contributed by atoms with Crippen LogP contribution in [0.1, 0.15) is 40.7 Å². The molecule has 0 spiro atoms. The Morgan fingerprint density at radius 1 is 0.949 bits per heavy atom. The number of nitrogens with one attached hydrogen (secondary N) is 1. The topological polar surface area (TPSA) is 125 Å². The van der Waals surface area contributed by atoms with Crippen molar-refractivity contribution in [2.24, 2.45) is 0 Å². The first-order valence-electron chi connectivity index (χ1n) is 12.9. The maximum Gasteiger partial charge on any atom is 0.303 e. The van der Waals surface area contributed by atoms with Gasteiger partial charge in [-0.2, -0.15) is 11.3 Å². The van der Waals surface area contributed by atoms with Crippen LogP contribution in [0.3, 0.4) is 0 Å². The molecular formula is C29H32N2O7S. The van der Waals surface area contributed by atoms with Gasteiger partial charge in [0.15, 0.2) is 0 Å². The summed E-state index contributed by atoms with van der Waals surface area (Å²) in [4.78, 5) is 37.3. The Labute approximate surface area is 231 Å². The summed E-state index contributed by atoms with van der Waals surface area (Å²) in [5, 5.41) is 25.4. The molecule has 0 unspecified atom stereocenters. The van der Waals surface area contributed by atoms with Crippen molar-refractivity contribution in [1.29, 1.82) is 0 Å². The second-order valence-corrected chi connectivity index (χ2v) is 10.0. The van der Waals surface area contributed by atoms with Crippen molar-refractivity contribution in [3.8, 4) is 22.6 Å². The van der Waals surface area contributed by atoms with Gasteiger partial charge in [-0.1, -0.05) is 12.1 Å². The fourth-order valence-corrected chi connectivity index (χ4v) is 5.08. The average molecular weight is 553 g/mol. The molecule has 206 valence electrons. The molecule has 9 nitrogen and oxygen atoms in total. The van der Waals surface area contributed by atoms with Crippen LogP contribution in [0.4, 0.5) is 0 Å². The van der Waals surface area contributed by atoms with Crippen molar-refractivity contribution in [2.45, 2.75) is 32.3 Å². The molecule has 3 N–H and O–H groups in total. The molecule has 0 aliphatic carbocycles. The highest BCUT2D eigenvalue weighted by atomic mass is 32.1. The lowest BCUT2D eigenvalue weighted by molar-refractivity contribution is -0.138. The van der Waals surface area contributed by atoms with E-state index in [9.17, 15) is 19.5 Å². The highest BCUT2D eigenvalue weighted by Crippen LogP contribution is 2.30. The molecule has 0 bridgehead atoms. The summed E-state index contributed by atoms with van der Waals surface area (Å²) in [5.74, 6) is -0.816. The lowest BCUT2D eigenvalue weighted by Gasteiger charge is -2.27. The van der Waals surface area contributed by atoms with Crippen LogP contribution < -0.4 is 14.8 Å². The fourth-order valence-electron chi connectivity index (χ4n) is 4.42. The first-order chi connectivity index (χ1) is 18.9. The van der Waals surface area contributed by atoms with E-state index in [1.54, 1.807) is 29.5 Å². The summed E-state index contributed by atoms with van der Waals surface area (Å²) >= 11 is 1.57. The van der Waals surface area contributed by atoms with Crippen LogP contribution in [-0.2, 0) is 22.6 Å². The molecule has 2 heterocycles. The number of hydrogen-bond acceptors (Lipinski definition) is 7. The Kier molecular flexibility index (Phi) is 9.93. The molecular weight excluding hydrogens is 520 g/mol. The summed E-state index contributed by atoms with van der Waals surface area (Å²) in [7, 11) is 0. The predicted octanol–water partition coefficient (Wildman–Crippen LogP) is 4.30. The Bertz CT molecular complexity index is 1290. The standard InChI is InChI=1S/C29H32N2O7S/c32-27(33)5-2-13-37-26-4-1-3-20(25(26)6-7-28(34)35)18-38-24-16-22(21-8-14-39-19-21)15-23(17-24)29(36)31-11-9-30-10-12-31/h1,3-4,8,14-17,19,30H,2,5-7,9-13,18H2,(H,32,33)(H,34,35). The first kappa shape index (κ1) is 28.1. The van der Waals surface area contributed by atoms with Crippen LogP contribution in [0, 0.1) is 0 Å². The zero-order valence-electron chi connectivity index (χ0n) is 21.6. The van der Waals surface area contributed by atoms with E-state index in [-0.39, 0.29) is 38.4 Å². The maximum absolute atomic E-state index is 13.3. The molecule has 0 atom stereocenters. The molecule has 39 heavy (non-hydrogen) atoms. The van der Waals surface area contributed by atoms with E-state index in [0.717, 1.165) is 29.8 Å². The van der Waals surface area contributed by atoms with Crippen LogP contribution in [0.25, 0.3) is 11.1 Å². The molecule has 1 aliphatic rings. The molecule has 3 aromatic rings. The van der Waals surface area contributed by atoms with Gasteiger partial charge in [-0.15, -0.1) is 0 Å². The van der Waals surface area contributed by atoms with Gasteiger partial charge in [0.1, 0.15) is 18.1 Å². The third kappa shape index (κ3) is 8.05. The van der Waals surface area contributed by atoms with E-state index in [1.165, 1.54) is 0 Å². The average Bonchev–Trinajstić information content (AvgIpc) is 3.48. The number of carboxylic acids is 2. The molecule has 0 saturated carbocycles. The highest BCUT2D eigenvalue weighted by Gasteiger charge is 2.20. The third-order valence-corrected chi connectivity index (χ3v) is 7.10. The van der Waals surface area contributed by atoms with Crippen LogP contribution >= 0.6 is 11.3 Å². The van der Waals surface area contributed by atoms with Gasteiger partial charge in [-0.05, 0) is 70.6 Å². The van der Waals surface area contributed by atoms with Crippen molar-refractivity contribution in [1.82, 2.24) is 10.2 Å². The number of carbonyl (C=O) groups is 3. The van der Waals surface area contributed by atoms with E-state index in [0.29, 0.717) is 42.1 Å². The molecule has 0 radical (unpaired) electrons. The quantitative estimate of drug-likeness (QED) is 0.268. The Morgan fingerprint density at radius 2 is 1.74 bits per heavy atom. The van der Waals surface area contributed by atoms with Crippen molar-refractivity contribution in [3.63, 3.8) is 0 Å². The van der Waals surface area contributed by atoms with E-state index >= 15 is 0 Å². The van der Waals surface area contributed by atoms with Gasteiger partial charge in [0.05, 0.1) is 6.61 Å². The van der Waals surface area contributed by atoms with Gasteiger partial charge < -0.3 is 29.9 Å². The number of rotatable bonds is 13. The van der Waals surface area contributed by atoms with Crippen molar-refractivity contribution in [2.75, 3.05) is 32.8 Å². The normalized spacial score (nSPS) is 13.2. The number of aliphatic carboxylic acids is 2. The van der Waals surface area contributed by atoms with Crippen LogP contribution in [0.15, 0.2) is 53.2 Å². The smallest absolute Gasteiger partial charge is 0.303 e. The third-order valence-electron chi connectivity index (χ3n) is 6.42. The molecule has 10 heteroatoms. The summed E-state index contributed by atoms with van der Waals surface area (Å²) in [6, 6.07) is 13.0. The first-order valence-corrected chi connectivity index (χ1v) is 13.8. The largest absolute Gasteiger partial charge is 0.493 e. The zero-order valence-corrected chi connectivity index (χ0v) is 22.4. The minimum Gasteiger partial charge on any atom is -0.493 e. The Hall–Kier alpha value is -3.89. The number of benzene rings is 2. The monoisotopic (exact) mass is 552 g/mol. The number of amides is 1. The minimum absolute atomic E-state index is 0.0112. The van der Waals surface area contributed by atoms with E-state index < -0.39 is 11.9 Å². The number of hydrogen-bond donors (Lipinski definition) is 3. The van der Waals surface area contributed by atoms with Gasteiger partial charge in [-0.3, -0.25) is 14.4 Å². The molecule has 1 amide bonds. The van der Waals surface area contributed by atoms with E-state index in [1.807, 2.05) is 39.9 Å². The van der Waals surface area contributed by atoms with Crippen molar-refractivity contribution >= 4 is 29.2 Å². The maximum atomic E-state index is 13.3. The molecule has 2 aromatic carbocycles. The minimum atomic E-state index is -0.929. The molecule has 1 aliphatic heterocycles. The SMILES string of the molecule is O=C(O)CCCOc1cccc(COc2cc(C(=O)N3CCNCC3)cc(-c3ccsc3)c2)c1CCC(=O)O. The van der Waals surface area contributed by atoms with E-state index in [2.05, 4.69) is 5.32 Å². The number of nitrogens with zero attached hydrogens (tertiary/aromatic N) is 1. The molecule has 1 fully saturated rings. The van der Waals surface area contributed by atoms with Gasteiger partial charge in [-0.25, -0.2) is 0 Å².